The molecule has 8 nitrogen and oxygen atoms in total. The number of rotatable bonds is 5. The van der Waals surface area contributed by atoms with Crippen molar-refractivity contribution >= 4 is 31.2 Å². The largest absolute Gasteiger partial charge is 0.409 e. The number of aromatic nitrogens is 4. The van der Waals surface area contributed by atoms with Gasteiger partial charge in [-0.1, -0.05) is 27.7 Å². The minimum atomic E-state index is -1.95. The number of hydrogen-bond acceptors (Lipinski definition) is 6. The second-order valence-corrected chi connectivity index (χ2v) is 13.8. The predicted octanol–water partition coefficient (Wildman–Crippen LogP) is 3.68. The first kappa shape index (κ1) is 21.8. The molecule has 29 heavy (non-hydrogen) atoms. The Labute approximate surface area is 171 Å². The van der Waals surface area contributed by atoms with Crippen LogP contribution in [-0.4, -0.2) is 52.1 Å². The lowest BCUT2D eigenvalue weighted by atomic mass is 9.96. The summed E-state index contributed by atoms with van der Waals surface area (Å²) in [5.41, 5.74) is 0.206. The second-order valence-electron chi connectivity index (χ2n) is 9.36. The fourth-order valence-corrected chi connectivity index (χ4v) is 4.32. The molecule has 0 spiro atoms. The van der Waals surface area contributed by atoms with E-state index in [2.05, 4.69) is 20.3 Å². The van der Waals surface area contributed by atoms with Crippen LogP contribution in [0.1, 0.15) is 40.3 Å². The van der Waals surface area contributed by atoms with Crippen molar-refractivity contribution in [3.8, 4) is 0 Å². The molecule has 1 saturated heterocycles. The van der Waals surface area contributed by atoms with E-state index in [0.29, 0.717) is 23.4 Å². The molecule has 0 aliphatic carbocycles. The zero-order valence-electron chi connectivity index (χ0n) is 18.1. The minimum Gasteiger partial charge on any atom is -0.409 e. The van der Waals surface area contributed by atoms with E-state index < -0.39 is 32.2 Å². The molecule has 0 radical (unpaired) electrons. The summed E-state index contributed by atoms with van der Waals surface area (Å²) in [7, 11) is -1.95. The number of amides is 1. The summed E-state index contributed by atoms with van der Waals surface area (Å²) in [6.45, 7) is 13.5. The molecule has 1 fully saturated rings. The number of hydrogen-bond donors (Lipinski definition) is 1. The molecule has 0 bridgehead atoms. The molecule has 1 amide bonds. The summed E-state index contributed by atoms with van der Waals surface area (Å²) in [6, 6.07) is 0. The Morgan fingerprint density at radius 2 is 2.00 bits per heavy atom. The zero-order chi connectivity index (χ0) is 21.6. The number of ether oxygens (including phenoxy) is 1. The van der Waals surface area contributed by atoms with Gasteiger partial charge in [0.05, 0.1) is 12.4 Å². The first-order chi connectivity index (χ1) is 13.4. The van der Waals surface area contributed by atoms with Crippen LogP contribution in [-0.2, 0) is 14.0 Å². The van der Waals surface area contributed by atoms with E-state index >= 15 is 4.39 Å². The van der Waals surface area contributed by atoms with E-state index in [0.717, 1.165) is 0 Å². The minimum absolute atomic E-state index is 0.192. The van der Waals surface area contributed by atoms with Gasteiger partial charge >= 0.3 is 0 Å². The highest BCUT2D eigenvalue weighted by Gasteiger charge is 2.48. The summed E-state index contributed by atoms with van der Waals surface area (Å²) in [6.07, 6.45) is 0.220. The van der Waals surface area contributed by atoms with Crippen molar-refractivity contribution in [3.63, 3.8) is 0 Å². The van der Waals surface area contributed by atoms with Crippen molar-refractivity contribution in [1.82, 2.24) is 19.5 Å². The van der Waals surface area contributed by atoms with Gasteiger partial charge < -0.3 is 14.5 Å². The molecular formula is C19H30FN5O3Si. The Morgan fingerprint density at radius 1 is 1.31 bits per heavy atom. The van der Waals surface area contributed by atoms with Crippen molar-refractivity contribution in [2.45, 2.75) is 78.4 Å². The van der Waals surface area contributed by atoms with Gasteiger partial charge in [0.2, 0.25) is 5.91 Å². The topological polar surface area (TPSA) is 91.2 Å². The lowest BCUT2D eigenvalue weighted by molar-refractivity contribution is -0.123. The molecule has 2 aromatic heterocycles. The molecule has 1 N–H and O–H groups in total. The number of halogens is 1. The highest BCUT2D eigenvalue weighted by atomic mass is 28.4. The molecule has 3 rings (SSSR count). The summed E-state index contributed by atoms with van der Waals surface area (Å²) < 4.78 is 29.0. The van der Waals surface area contributed by atoms with Crippen LogP contribution >= 0.6 is 0 Å². The van der Waals surface area contributed by atoms with E-state index in [-0.39, 0.29) is 12.0 Å². The van der Waals surface area contributed by atoms with Crippen LogP contribution in [0.2, 0.25) is 19.6 Å². The number of alkyl halides is 1. The van der Waals surface area contributed by atoms with E-state index in [9.17, 15) is 4.79 Å². The van der Waals surface area contributed by atoms with Crippen LogP contribution in [0.25, 0.3) is 11.2 Å². The van der Waals surface area contributed by atoms with Gasteiger partial charge in [0.15, 0.2) is 37.7 Å². The van der Waals surface area contributed by atoms with Gasteiger partial charge in [-0.15, -0.1) is 0 Å². The van der Waals surface area contributed by atoms with E-state index in [1.165, 1.54) is 12.7 Å². The van der Waals surface area contributed by atoms with Gasteiger partial charge in [-0.3, -0.25) is 9.36 Å². The molecule has 1 aliphatic rings. The summed E-state index contributed by atoms with van der Waals surface area (Å²) >= 11 is 0. The molecule has 10 heteroatoms. The van der Waals surface area contributed by atoms with Crippen LogP contribution < -0.4 is 5.32 Å². The number of nitrogens with zero attached hydrogens (tertiary/aromatic N) is 4. The molecule has 160 valence electrons. The van der Waals surface area contributed by atoms with E-state index in [1.54, 1.807) is 4.57 Å². The Bertz CT molecular complexity index is 892. The lowest BCUT2D eigenvalue weighted by Crippen LogP contribution is -2.40. The van der Waals surface area contributed by atoms with Gasteiger partial charge in [-0.05, 0) is 26.1 Å². The van der Waals surface area contributed by atoms with E-state index in [1.807, 2.05) is 47.3 Å². The molecule has 4 atom stereocenters. The second kappa shape index (κ2) is 7.73. The Balaban J connectivity index is 1.93. The highest BCUT2D eigenvalue weighted by Crippen LogP contribution is 2.38. The Kier molecular flexibility index (Phi) is 5.81. The Hall–Kier alpha value is -1.91. The van der Waals surface area contributed by atoms with Gasteiger partial charge in [-0.25, -0.2) is 19.3 Å². The molecular weight excluding hydrogens is 393 g/mol. The summed E-state index contributed by atoms with van der Waals surface area (Å²) in [4.78, 5) is 25.1. The fraction of sp³-hybridized carbons (Fsp3) is 0.684. The average molecular weight is 424 g/mol. The monoisotopic (exact) mass is 423 g/mol. The number of anilines is 1. The maximum Gasteiger partial charge on any atom is 0.230 e. The summed E-state index contributed by atoms with van der Waals surface area (Å²) in [5, 5.41) is 2.78. The quantitative estimate of drug-likeness (QED) is 0.738. The van der Waals surface area contributed by atoms with Crippen LogP contribution in [0, 0.1) is 5.41 Å². The first-order valence-corrected chi connectivity index (χ1v) is 13.3. The van der Waals surface area contributed by atoms with Crippen LogP contribution in [0.5, 0.6) is 0 Å². The molecule has 1 unspecified atom stereocenters. The molecule has 3 heterocycles. The SMILES string of the molecule is CC[C@H]1O[C@@H](n2cnc3c(NC(=O)C(C)(C)C)ncnc32)[C@@H](F)C1O[Si](C)(C)C. The molecule has 1 aliphatic heterocycles. The first-order valence-electron chi connectivity index (χ1n) is 9.88. The lowest BCUT2D eigenvalue weighted by Gasteiger charge is -2.27. The van der Waals surface area contributed by atoms with Crippen molar-refractivity contribution in [2.24, 2.45) is 5.41 Å². The van der Waals surface area contributed by atoms with Gasteiger partial charge in [0, 0.05) is 5.41 Å². The van der Waals surface area contributed by atoms with Gasteiger partial charge in [-0.2, -0.15) is 0 Å². The number of imidazole rings is 1. The van der Waals surface area contributed by atoms with Gasteiger partial charge in [0.1, 0.15) is 12.4 Å². The molecule has 0 saturated carbocycles. The standard InChI is InChI=1S/C19H30FN5O3Si/c1-8-11-14(28-29(5,6)7)12(20)17(27-11)25-10-23-13-15(21-9-22-16(13)25)24-18(26)19(2,3)4/h9-12,14,17H,8H2,1-7H3,(H,21,22,24,26)/t11-,12+,14?,17-/m1/s1. The van der Waals surface area contributed by atoms with Crippen molar-refractivity contribution in [2.75, 3.05) is 5.32 Å². The fourth-order valence-electron chi connectivity index (χ4n) is 3.22. The zero-order valence-corrected chi connectivity index (χ0v) is 19.1. The molecule has 2 aromatic rings. The van der Waals surface area contributed by atoms with E-state index in [4.69, 9.17) is 9.16 Å². The number of carbonyl (C=O) groups is 1. The Morgan fingerprint density at radius 3 is 2.59 bits per heavy atom. The van der Waals surface area contributed by atoms with Crippen molar-refractivity contribution in [1.29, 1.82) is 0 Å². The highest BCUT2D eigenvalue weighted by molar-refractivity contribution is 6.69. The maximum absolute atomic E-state index is 15.4. The van der Waals surface area contributed by atoms with Crippen molar-refractivity contribution in [3.05, 3.63) is 12.7 Å². The number of fused-ring (bicyclic) bond motifs is 1. The van der Waals surface area contributed by atoms with Gasteiger partial charge in [0.25, 0.3) is 0 Å². The van der Waals surface area contributed by atoms with Crippen LogP contribution in [0.4, 0.5) is 10.2 Å². The summed E-state index contributed by atoms with van der Waals surface area (Å²) in [5.74, 6) is 0.103. The normalized spacial score (nSPS) is 25.5. The smallest absolute Gasteiger partial charge is 0.230 e. The predicted molar refractivity (Wildman–Crippen MR) is 111 cm³/mol. The van der Waals surface area contributed by atoms with Crippen LogP contribution in [0.15, 0.2) is 12.7 Å². The third-order valence-electron chi connectivity index (χ3n) is 4.70. The maximum atomic E-state index is 15.4. The third kappa shape index (κ3) is 4.49. The average Bonchev–Trinajstić information content (AvgIpc) is 3.15. The number of carbonyl (C=O) groups excluding carboxylic acids is 1. The van der Waals surface area contributed by atoms with Crippen molar-refractivity contribution < 1.29 is 18.3 Å². The number of nitrogens with one attached hydrogen (secondary N) is 1. The third-order valence-corrected chi connectivity index (χ3v) is 5.68. The van der Waals surface area contributed by atoms with Crippen LogP contribution in [0.3, 0.4) is 0 Å². The molecule has 0 aromatic carbocycles.